The van der Waals surface area contributed by atoms with Crippen molar-refractivity contribution in [2.45, 2.75) is 29.9 Å². The van der Waals surface area contributed by atoms with Crippen molar-refractivity contribution in [1.82, 2.24) is 14.8 Å². The first-order valence-electron chi connectivity index (χ1n) is 6.09. The van der Waals surface area contributed by atoms with E-state index in [1.165, 1.54) is 4.57 Å². The number of halogens is 1. The second kappa shape index (κ2) is 6.00. The van der Waals surface area contributed by atoms with Crippen molar-refractivity contribution in [2.75, 3.05) is 5.73 Å². The van der Waals surface area contributed by atoms with E-state index in [0.717, 1.165) is 23.9 Å². The molecule has 4 N–H and O–H groups in total. The van der Waals surface area contributed by atoms with Crippen molar-refractivity contribution < 1.29 is 14.3 Å². The highest BCUT2D eigenvalue weighted by Crippen LogP contribution is 2.31. The summed E-state index contributed by atoms with van der Waals surface area (Å²) in [6, 6.07) is 2.08. The van der Waals surface area contributed by atoms with Crippen molar-refractivity contribution in [2.24, 2.45) is 0 Å². The summed E-state index contributed by atoms with van der Waals surface area (Å²) >= 11 is 0.869. The van der Waals surface area contributed by atoms with Crippen molar-refractivity contribution in [3.8, 4) is 0 Å². The van der Waals surface area contributed by atoms with Crippen LogP contribution in [-0.2, 0) is 6.54 Å². The average Bonchev–Trinajstić information content (AvgIpc) is 2.74. The number of H-pyrrole nitrogens is 1. The number of benzene rings is 1. The number of rotatable bonds is 5. The Balaban J connectivity index is 2.42. The molecule has 0 fully saturated rings. The Bertz CT molecular complexity index is 741. The summed E-state index contributed by atoms with van der Waals surface area (Å²) in [7, 11) is 0. The van der Waals surface area contributed by atoms with Gasteiger partial charge in [-0.25, -0.2) is 19.1 Å². The van der Waals surface area contributed by atoms with Gasteiger partial charge in [0.1, 0.15) is 5.82 Å². The van der Waals surface area contributed by atoms with Crippen molar-refractivity contribution in [1.29, 1.82) is 0 Å². The maximum Gasteiger partial charge on any atom is 0.343 e. The molecule has 0 aliphatic rings. The molecule has 7 nitrogen and oxygen atoms in total. The topological polar surface area (TPSA) is 114 Å². The van der Waals surface area contributed by atoms with E-state index in [9.17, 15) is 14.0 Å². The molecule has 1 aromatic carbocycles. The van der Waals surface area contributed by atoms with E-state index in [-0.39, 0.29) is 21.3 Å². The minimum atomic E-state index is -1.25. The van der Waals surface area contributed by atoms with Gasteiger partial charge in [-0.15, -0.1) is 5.10 Å². The highest BCUT2D eigenvalue weighted by atomic mass is 32.2. The van der Waals surface area contributed by atoms with Crippen LogP contribution in [0.15, 0.2) is 27.0 Å². The number of nitrogens with one attached hydrogen (secondary N) is 1. The number of hydrogen-bond donors (Lipinski definition) is 3. The lowest BCUT2D eigenvalue weighted by Gasteiger charge is -2.07. The minimum absolute atomic E-state index is 0.0398. The number of hydrogen-bond acceptors (Lipinski definition) is 5. The number of nitrogen functional groups attached to an aromatic ring is 1. The summed E-state index contributed by atoms with van der Waals surface area (Å²) in [6.07, 6.45) is 0.706. The molecule has 1 heterocycles. The lowest BCUT2D eigenvalue weighted by atomic mass is 10.2. The van der Waals surface area contributed by atoms with Gasteiger partial charge in [0.05, 0.1) is 10.5 Å². The maximum absolute atomic E-state index is 13.9. The second-order valence-corrected chi connectivity index (χ2v) is 5.25. The molecule has 0 aliphatic carbocycles. The van der Waals surface area contributed by atoms with Gasteiger partial charge in [0.2, 0.25) is 0 Å². The summed E-state index contributed by atoms with van der Waals surface area (Å²) in [5, 5.41) is 15.4. The molecule has 21 heavy (non-hydrogen) atoms. The van der Waals surface area contributed by atoms with Crippen LogP contribution in [0.2, 0.25) is 0 Å². The Morgan fingerprint density at radius 3 is 2.90 bits per heavy atom. The number of carboxylic acid groups (broad SMARTS) is 1. The zero-order chi connectivity index (χ0) is 15.6. The number of aromatic carboxylic acids is 1. The van der Waals surface area contributed by atoms with Crippen LogP contribution in [0.1, 0.15) is 23.7 Å². The van der Waals surface area contributed by atoms with Crippen LogP contribution in [0, 0.1) is 5.82 Å². The quantitative estimate of drug-likeness (QED) is 0.722. The van der Waals surface area contributed by atoms with E-state index >= 15 is 0 Å². The average molecular weight is 312 g/mol. The molecule has 1 aromatic heterocycles. The van der Waals surface area contributed by atoms with Crippen LogP contribution in [0.25, 0.3) is 0 Å². The molecule has 0 spiro atoms. The predicted molar refractivity (Wildman–Crippen MR) is 75.0 cm³/mol. The van der Waals surface area contributed by atoms with Crippen LogP contribution in [0.5, 0.6) is 0 Å². The summed E-state index contributed by atoms with van der Waals surface area (Å²) in [4.78, 5) is 22.6. The second-order valence-electron chi connectivity index (χ2n) is 4.24. The Kier molecular flexibility index (Phi) is 4.32. The zero-order valence-corrected chi connectivity index (χ0v) is 11.9. The Morgan fingerprint density at radius 2 is 2.29 bits per heavy atom. The molecule has 0 saturated heterocycles. The number of carbonyl (C=O) groups is 1. The van der Waals surface area contributed by atoms with Crippen LogP contribution in [0.3, 0.4) is 0 Å². The molecule has 9 heteroatoms. The third-order valence-corrected chi connectivity index (χ3v) is 3.73. The van der Waals surface area contributed by atoms with Crippen molar-refractivity contribution in [3.05, 3.63) is 34.0 Å². The molecule has 0 saturated carbocycles. The molecule has 0 amide bonds. The van der Waals surface area contributed by atoms with Crippen LogP contribution >= 0.6 is 11.8 Å². The number of nitrogens with zero attached hydrogens (tertiary/aromatic N) is 2. The lowest BCUT2D eigenvalue weighted by Crippen LogP contribution is -2.17. The molecular weight excluding hydrogens is 299 g/mol. The number of aromatic amines is 1. The van der Waals surface area contributed by atoms with Crippen LogP contribution < -0.4 is 11.4 Å². The Hall–Kier alpha value is -2.29. The molecule has 0 bridgehead atoms. The summed E-state index contributed by atoms with van der Waals surface area (Å²) < 4.78 is 15.2. The van der Waals surface area contributed by atoms with Gasteiger partial charge in [-0.2, -0.15) is 0 Å². The van der Waals surface area contributed by atoms with Gasteiger partial charge in [0.25, 0.3) is 0 Å². The van der Waals surface area contributed by atoms with E-state index in [1.54, 1.807) is 0 Å². The third kappa shape index (κ3) is 3.07. The van der Waals surface area contributed by atoms with Gasteiger partial charge in [-0.3, -0.25) is 4.57 Å². The fourth-order valence-electron chi connectivity index (χ4n) is 1.73. The zero-order valence-electron chi connectivity index (χ0n) is 11.1. The Morgan fingerprint density at radius 1 is 1.57 bits per heavy atom. The van der Waals surface area contributed by atoms with Gasteiger partial charge in [-0.1, -0.05) is 6.92 Å². The molecule has 2 rings (SSSR count). The molecule has 112 valence electrons. The van der Waals surface area contributed by atoms with Crippen LogP contribution in [-0.4, -0.2) is 25.8 Å². The number of nitrogens with two attached hydrogens (primary N) is 1. The highest BCUT2D eigenvalue weighted by Gasteiger charge is 2.17. The largest absolute Gasteiger partial charge is 0.478 e. The fraction of sp³-hybridized carbons (Fsp3) is 0.250. The van der Waals surface area contributed by atoms with E-state index in [1.807, 2.05) is 6.92 Å². The first-order valence-corrected chi connectivity index (χ1v) is 6.91. The molecular formula is C12H13FN4O3S. The fourth-order valence-corrected chi connectivity index (χ4v) is 2.64. The summed E-state index contributed by atoms with van der Waals surface area (Å²) in [5.41, 5.74) is 4.71. The van der Waals surface area contributed by atoms with E-state index in [2.05, 4.69) is 10.2 Å². The first-order chi connectivity index (χ1) is 9.93. The van der Waals surface area contributed by atoms with Gasteiger partial charge >= 0.3 is 11.7 Å². The summed E-state index contributed by atoms with van der Waals surface area (Å²) in [6.45, 7) is 2.32. The lowest BCUT2D eigenvalue weighted by molar-refractivity contribution is 0.0697. The van der Waals surface area contributed by atoms with Crippen molar-refractivity contribution >= 4 is 23.4 Å². The van der Waals surface area contributed by atoms with Gasteiger partial charge in [-0.05, 0) is 30.3 Å². The SMILES string of the molecule is CCCn1c(Sc2cc(C(=O)O)c(N)cc2F)n[nH]c1=O. The molecule has 0 aliphatic heterocycles. The number of carboxylic acids is 1. The third-order valence-electron chi connectivity index (χ3n) is 2.71. The van der Waals surface area contributed by atoms with Gasteiger partial charge in [0.15, 0.2) is 5.16 Å². The summed E-state index contributed by atoms with van der Waals surface area (Å²) in [5.74, 6) is -1.91. The maximum atomic E-state index is 13.9. The smallest absolute Gasteiger partial charge is 0.343 e. The number of anilines is 1. The predicted octanol–water partition coefficient (Wildman–Crippen LogP) is 1.55. The highest BCUT2D eigenvalue weighted by molar-refractivity contribution is 7.99. The van der Waals surface area contributed by atoms with E-state index < -0.39 is 17.5 Å². The van der Waals surface area contributed by atoms with E-state index in [0.29, 0.717) is 13.0 Å². The minimum Gasteiger partial charge on any atom is -0.478 e. The standard InChI is InChI=1S/C12H13FN4O3S/c1-2-3-17-11(20)15-16-12(17)21-9-4-6(10(18)19)8(14)5-7(9)13/h4-5H,2-3,14H2,1H3,(H,15,20)(H,18,19). The monoisotopic (exact) mass is 312 g/mol. The van der Waals surface area contributed by atoms with Gasteiger partial charge < -0.3 is 10.8 Å². The molecule has 0 unspecified atom stereocenters. The van der Waals surface area contributed by atoms with Crippen molar-refractivity contribution in [3.63, 3.8) is 0 Å². The molecule has 0 radical (unpaired) electrons. The number of aromatic nitrogens is 3. The molecule has 0 atom stereocenters. The van der Waals surface area contributed by atoms with E-state index in [4.69, 9.17) is 10.8 Å². The van der Waals surface area contributed by atoms with Gasteiger partial charge in [0, 0.05) is 12.2 Å². The van der Waals surface area contributed by atoms with Crippen LogP contribution in [0.4, 0.5) is 10.1 Å². The first kappa shape index (κ1) is 15.1. The Labute approximate surface area is 123 Å². The molecule has 2 aromatic rings. The normalized spacial score (nSPS) is 10.8.